The minimum Gasteiger partial charge on any atom is -0.392 e. The fraction of sp³-hybridized carbons (Fsp3) is 0.500. The van der Waals surface area contributed by atoms with Crippen LogP contribution in [-0.2, 0) is 0 Å². The van der Waals surface area contributed by atoms with Gasteiger partial charge in [-0.25, -0.2) is 0 Å². The predicted octanol–water partition coefficient (Wildman–Crippen LogP) is 2.43. The van der Waals surface area contributed by atoms with Crippen LogP contribution in [-0.4, -0.2) is 17.9 Å². The monoisotopic (exact) mass is 180 g/mol. The third-order valence-corrected chi connectivity index (χ3v) is 1.32. The Hall–Kier alpha value is -0.770. The van der Waals surface area contributed by atoms with Crippen molar-refractivity contribution in [2.45, 2.75) is 19.0 Å². The van der Waals surface area contributed by atoms with Gasteiger partial charge in [-0.2, -0.15) is 13.2 Å². The quantitative estimate of drug-likeness (QED) is 0.659. The number of alkyl halides is 3. The van der Waals surface area contributed by atoms with Crippen molar-refractivity contribution < 1.29 is 18.3 Å². The second kappa shape index (κ2) is 4.98. The summed E-state index contributed by atoms with van der Waals surface area (Å²) in [4.78, 5) is 0. The molecule has 4 heteroatoms. The van der Waals surface area contributed by atoms with Crippen molar-refractivity contribution in [1.29, 1.82) is 0 Å². The maximum atomic E-state index is 12.0. The van der Waals surface area contributed by atoms with Crippen molar-refractivity contribution in [1.82, 2.24) is 0 Å². The van der Waals surface area contributed by atoms with Crippen LogP contribution in [0.2, 0.25) is 0 Å². The van der Waals surface area contributed by atoms with Crippen molar-refractivity contribution in [2.75, 3.05) is 6.61 Å². The summed E-state index contributed by atoms with van der Waals surface area (Å²) in [6.07, 6.45) is -1.98. The highest BCUT2D eigenvalue weighted by atomic mass is 19.4. The Bertz CT molecular complexity index is 170. The summed E-state index contributed by atoms with van der Waals surface area (Å²) >= 11 is 0. The SMILES string of the molecule is C=CCC/C(=C\CO)C(F)(F)F. The van der Waals surface area contributed by atoms with Crippen LogP contribution in [0.5, 0.6) is 0 Å². The standard InChI is InChI=1S/C8H11F3O/c1-2-3-4-7(5-6-12)8(9,10)11/h2,5,12H,1,3-4,6H2/b7-5+. The molecule has 0 heterocycles. The van der Waals surface area contributed by atoms with Crippen LogP contribution in [0.15, 0.2) is 24.3 Å². The summed E-state index contributed by atoms with van der Waals surface area (Å²) in [6, 6.07) is 0. The molecule has 0 radical (unpaired) electrons. The van der Waals surface area contributed by atoms with E-state index in [1.165, 1.54) is 6.08 Å². The average molecular weight is 180 g/mol. The zero-order valence-electron chi connectivity index (χ0n) is 6.56. The van der Waals surface area contributed by atoms with Gasteiger partial charge < -0.3 is 5.11 Å². The molecule has 0 saturated carbocycles. The minimum absolute atomic E-state index is 0.117. The van der Waals surface area contributed by atoms with E-state index in [0.29, 0.717) is 0 Å². The Morgan fingerprint density at radius 1 is 1.42 bits per heavy atom. The molecule has 1 nitrogen and oxygen atoms in total. The molecule has 0 amide bonds. The maximum Gasteiger partial charge on any atom is 0.412 e. The van der Waals surface area contributed by atoms with Gasteiger partial charge in [0.15, 0.2) is 0 Å². The normalized spacial score (nSPS) is 13.2. The summed E-state index contributed by atoms with van der Waals surface area (Å²) in [5, 5.41) is 8.30. The summed E-state index contributed by atoms with van der Waals surface area (Å²) < 4.78 is 36.1. The van der Waals surface area contributed by atoms with Crippen molar-refractivity contribution in [3.8, 4) is 0 Å². The Labute approximate surface area is 69.2 Å². The summed E-state index contributed by atoms with van der Waals surface area (Å²) in [5.41, 5.74) is -0.690. The van der Waals surface area contributed by atoms with Crippen LogP contribution in [0.25, 0.3) is 0 Å². The van der Waals surface area contributed by atoms with Crippen LogP contribution in [0.4, 0.5) is 13.2 Å². The smallest absolute Gasteiger partial charge is 0.392 e. The van der Waals surface area contributed by atoms with Gasteiger partial charge in [0.2, 0.25) is 0 Å². The number of aliphatic hydroxyl groups is 1. The Morgan fingerprint density at radius 2 is 2.00 bits per heavy atom. The van der Waals surface area contributed by atoms with Gasteiger partial charge in [-0.3, -0.25) is 0 Å². The Kier molecular flexibility index (Phi) is 4.66. The van der Waals surface area contributed by atoms with E-state index in [4.69, 9.17) is 5.11 Å². The summed E-state index contributed by atoms with van der Waals surface area (Å²) in [7, 11) is 0. The largest absolute Gasteiger partial charge is 0.412 e. The molecule has 0 unspecified atom stereocenters. The molecule has 1 N–H and O–H groups in total. The highest BCUT2D eigenvalue weighted by molar-refractivity contribution is 5.09. The van der Waals surface area contributed by atoms with E-state index < -0.39 is 18.4 Å². The highest BCUT2D eigenvalue weighted by Gasteiger charge is 2.32. The first kappa shape index (κ1) is 11.2. The van der Waals surface area contributed by atoms with Crippen LogP contribution in [0, 0.1) is 0 Å². The molecule has 70 valence electrons. The topological polar surface area (TPSA) is 20.2 Å². The highest BCUT2D eigenvalue weighted by Crippen LogP contribution is 2.28. The second-order valence-electron chi connectivity index (χ2n) is 2.24. The maximum absolute atomic E-state index is 12.0. The lowest BCUT2D eigenvalue weighted by Crippen LogP contribution is -2.12. The fourth-order valence-corrected chi connectivity index (χ4v) is 0.727. The van der Waals surface area contributed by atoms with Crippen molar-refractivity contribution in [3.63, 3.8) is 0 Å². The number of hydrogen-bond acceptors (Lipinski definition) is 1. The number of rotatable bonds is 4. The van der Waals surface area contributed by atoms with E-state index in [1.54, 1.807) is 0 Å². The summed E-state index contributed by atoms with van der Waals surface area (Å²) in [6.45, 7) is 2.74. The molecule has 0 aromatic carbocycles. The molecule has 0 atom stereocenters. The Morgan fingerprint density at radius 3 is 2.33 bits per heavy atom. The molecule has 0 aromatic rings. The van der Waals surface area contributed by atoms with Gasteiger partial charge in [0.05, 0.1) is 6.61 Å². The lowest BCUT2D eigenvalue weighted by molar-refractivity contribution is -0.0943. The molecule has 0 rings (SSSR count). The van der Waals surface area contributed by atoms with Crippen molar-refractivity contribution >= 4 is 0 Å². The average Bonchev–Trinajstić information content (AvgIpc) is 1.95. The number of hydrogen-bond donors (Lipinski definition) is 1. The Balaban J connectivity index is 4.24. The molecular formula is C8H11F3O. The molecule has 0 saturated heterocycles. The van der Waals surface area contributed by atoms with Crippen molar-refractivity contribution in [3.05, 3.63) is 24.3 Å². The summed E-state index contributed by atoms with van der Waals surface area (Å²) in [5.74, 6) is 0. The third kappa shape index (κ3) is 4.18. The van der Waals surface area contributed by atoms with E-state index in [1.807, 2.05) is 0 Å². The first-order chi connectivity index (χ1) is 5.52. The molecular weight excluding hydrogens is 169 g/mol. The van der Waals surface area contributed by atoms with Gasteiger partial charge in [-0.1, -0.05) is 12.2 Å². The van der Waals surface area contributed by atoms with Gasteiger partial charge in [-0.15, -0.1) is 6.58 Å². The fourth-order valence-electron chi connectivity index (χ4n) is 0.727. The van der Waals surface area contributed by atoms with Crippen LogP contribution >= 0.6 is 0 Å². The van der Waals surface area contributed by atoms with Gasteiger partial charge >= 0.3 is 6.18 Å². The molecule has 0 aliphatic rings. The van der Waals surface area contributed by atoms with E-state index in [2.05, 4.69) is 6.58 Å². The number of aliphatic hydroxyl groups excluding tert-OH is 1. The van der Waals surface area contributed by atoms with Gasteiger partial charge in [-0.05, 0) is 12.8 Å². The second-order valence-corrected chi connectivity index (χ2v) is 2.24. The van der Waals surface area contributed by atoms with Gasteiger partial charge in [0.1, 0.15) is 0 Å². The zero-order chi connectivity index (χ0) is 9.61. The zero-order valence-corrected chi connectivity index (χ0v) is 6.56. The lowest BCUT2D eigenvalue weighted by Gasteiger charge is -2.09. The number of halogens is 3. The first-order valence-electron chi connectivity index (χ1n) is 3.50. The predicted molar refractivity (Wildman–Crippen MR) is 40.7 cm³/mol. The number of allylic oxidation sites excluding steroid dienone is 2. The van der Waals surface area contributed by atoms with Crippen LogP contribution in [0.3, 0.4) is 0 Å². The van der Waals surface area contributed by atoms with Crippen molar-refractivity contribution in [2.24, 2.45) is 0 Å². The molecule has 12 heavy (non-hydrogen) atoms. The van der Waals surface area contributed by atoms with E-state index >= 15 is 0 Å². The minimum atomic E-state index is -4.33. The van der Waals surface area contributed by atoms with E-state index in [0.717, 1.165) is 6.08 Å². The van der Waals surface area contributed by atoms with E-state index in [-0.39, 0.29) is 12.8 Å². The first-order valence-corrected chi connectivity index (χ1v) is 3.50. The lowest BCUT2D eigenvalue weighted by atomic mass is 10.1. The van der Waals surface area contributed by atoms with Gasteiger partial charge in [0.25, 0.3) is 0 Å². The molecule has 0 bridgehead atoms. The molecule has 0 fully saturated rings. The molecule has 0 aromatic heterocycles. The van der Waals surface area contributed by atoms with Crippen LogP contribution < -0.4 is 0 Å². The van der Waals surface area contributed by atoms with E-state index in [9.17, 15) is 13.2 Å². The van der Waals surface area contributed by atoms with Crippen LogP contribution in [0.1, 0.15) is 12.8 Å². The third-order valence-electron chi connectivity index (χ3n) is 1.32. The van der Waals surface area contributed by atoms with Gasteiger partial charge in [0, 0.05) is 5.57 Å². The molecule has 0 spiro atoms. The molecule has 0 aliphatic heterocycles. The molecule has 0 aliphatic carbocycles.